The van der Waals surface area contributed by atoms with Gasteiger partial charge in [0.1, 0.15) is 0 Å². The van der Waals surface area contributed by atoms with Crippen LogP contribution < -0.4 is 0 Å². The lowest BCUT2D eigenvalue weighted by Crippen LogP contribution is -2.59. The molecule has 2 fully saturated rings. The summed E-state index contributed by atoms with van der Waals surface area (Å²) in [5.41, 5.74) is 1.45. The minimum Gasteiger partial charge on any atom is -0.338 e. The first kappa shape index (κ1) is 19.1. The highest BCUT2D eigenvalue weighted by Crippen LogP contribution is 2.21. The number of aromatic nitrogens is 1. The van der Waals surface area contributed by atoms with Crippen molar-refractivity contribution in [3.63, 3.8) is 0 Å². The van der Waals surface area contributed by atoms with Gasteiger partial charge in [-0.3, -0.25) is 19.4 Å². The van der Waals surface area contributed by atoms with E-state index in [1.54, 1.807) is 16.0 Å². The van der Waals surface area contributed by atoms with E-state index in [4.69, 9.17) is 0 Å². The highest BCUT2D eigenvalue weighted by atomic mass is 16.2. The van der Waals surface area contributed by atoms with Crippen molar-refractivity contribution in [2.24, 2.45) is 0 Å². The van der Waals surface area contributed by atoms with E-state index in [9.17, 15) is 14.4 Å². The second kappa shape index (κ2) is 8.43. The molecule has 29 heavy (non-hydrogen) atoms. The third-order valence-electron chi connectivity index (χ3n) is 5.63. The molecule has 0 atom stereocenters. The molecule has 4 rings (SSSR count). The average Bonchev–Trinajstić information content (AvgIpc) is 2.78. The summed E-state index contributed by atoms with van der Waals surface area (Å²) in [7, 11) is 0. The standard InChI is InChI=1S/C22H24N4O3/c27-20(17-6-2-1-3-7-17)24-12-9-19(10-13-24)26-15-14-25(21(28)22(26)29)16-18-8-4-5-11-23-18/h1-8,11,19H,9-10,12-16H2. The van der Waals surface area contributed by atoms with Crippen molar-refractivity contribution >= 4 is 17.7 Å². The molecule has 2 saturated heterocycles. The Labute approximate surface area is 169 Å². The van der Waals surface area contributed by atoms with Crippen LogP contribution in [0.2, 0.25) is 0 Å². The number of hydrogen-bond donors (Lipinski definition) is 0. The van der Waals surface area contributed by atoms with Gasteiger partial charge >= 0.3 is 11.8 Å². The van der Waals surface area contributed by atoms with E-state index in [2.05, 4.69) is 4.98 Å². The summed E-state index contributed by atoms with van der Waals surface area (Å²) in [5, 5.41) is 0. The first-order chi connectivity index (χ1) is 14.1. The fraction of sp³-hybridized carbons (Fsp3) is 0.364. The molecule has 1 aromatic heterocycles. The van der Waals surface area contributed by atoms with Gasteiger partial charge in [0.05, 0.1) is 12.2 Å². The second-order valence-corrected chi connectivity index (χ2v) is 7.44. The van der Waals surface area contributed by atoms with Crippen LogP contribution in [0.15, 0.2) is 54.7 Å². The number of carbonyl (C=O) groups excluding carboxylic acids is 3. The third-order valence-corrected chi connectivity index (χ3v) is 5.63. The van der Waals surface area contributed by atoms with E-state index in [1.165, 1.54) is 0 Å². The lowest BCUT2D eigenvalue weighted by Gasteiger charge is -2.42. The Morgan fingerprint density at radius 2 is 1.62 bits per heavy atom. The zero-order valence-electron chi connectivity index (χ0n) is 16.2. The van der Waals surface area contributed by atoms with Crippen LogP contribution in [0, 0.1) is 0 Å². The minimum absolute atomic E-state index is 0.00303. The Morgan fingerprint density at radius 1 is 0.897 bits per heavy atom. The number of piperazine rings is 1. The topological polar surface area (TPSA) is 73.8 Å². The van der Waals surface area contributed by atoms with Gasteiger partial charge < -0.3 is 14.7 Å². The number of amides is 3. The molecule has 7 nitrogen and oxygen atoms in total. The van der Waals surface area contributed by atoms with Gasteiger partial charge in [-0.25, -0.2) is 0 Å². The van der Waals surface area contributed by atoms with Gasteiger partial charge in [0, 0.05) is 44.0 Å². The molecule has 2 aromatic rings. The molecule has 3 heterocycles. The predicted octanol–water partition coefficient (Wildman–Crippen LogP) is 1.56. The normalized spacial score (nSPS) is 18.3. The Balaban J connectivity index is 1.33. The van der Waals surface area contributed by atoms with Crippen LogP contribution in [0.3, 0.4) is 0 Å². The summed E-state index contributed by atoms with van der Waals surface area (Å²) in [6.45, 7) is 2.56. The third kappa shape index (κ3) is 4.13. The van der Waals surface area contributed by atoms with Crippen LogP contribution in [0.5, 0.6) is 0 Å². The Hall–Kier alpha value is -3.22. The Morgan fingerprint density at radius 3 is 2.31 bits per heavy atom. The number of hydrogen-bond acceptors (Lipinski definition) is 4. The number of likely N-dealkylation sites (tertiary alicyclic amines) is 1. The quantitative estimate of drug-likeness (QED) is 0.740. The summed E-state index contributed by atoms with van der Waals surface area (Å²) < 4.78 is 0. The number of nitrogens with zero attached hydrogens (tertiary/aromatic N) is 4. The van der Waals surface area contributed by atoms with Gasteiger partial charge in [-0.15, -0.1) is 0 Å². The van der Waals surface area contributed by atoms with Crippen molar-refractivity contribution < 1.29 is 14.4 Å². The lowest BCUT2D eigenvalue weighted by atomic mass is 10.0. The monoisotopic (exact) mass is 392 g/mol. The van der Waals surface area contributed by atoms with Crippen molar-refractivity contribution in [1.29, 1.82) is 0 Å². The van der Waals surface area contributed by atoms with E-state index in [0.29, 0.717) is 51.1 Å². The largest absolute Gasteiger partial charge is 0.338 e. The van der Waals surface area contributed by atoms with E-state index >= 15 is 0 Å². The van der Waals surface area contributed by atoms with Gasteiger partial charge in [0.15, 0.2) is 0 Å². The van der Waals surface area contributed by atoms with Crippen LogP contribution in [-0.4, -0.2) is 69.6 Å². The van der Waals surface area contributed by atoms with E-state index in [-0.39, 0.29) is 11.9 Å². The highest BCUT2D eigenvalue weighted by molar-refractivity contribution is 6.35. The van der Waals surface area contributed by atoms with Crippen molar-refractivity contribution in [3.8, 4) is 0 Å². The van der Waals surface area contributed by atoms with Gasteiger partial charge in [-0.2, -0.15) is 0 Å². The highest BCUT2D eigenvalue weighted by Gasteiger charge is 2.38. The number of pyridine rings is 1. The van der Waals surface area contributed by atoms with Crippen LogP contribution in [0.4, 0.5) is 0 Å². The maximum absolute atomic E-state index is 12.7. The lowest BCUT2D eigenvalue weighted by molar-refractivity contribution is -0.158. The predicted molar refractivity (Wildman–Crippen MR) is 107 cm³/mol. The molecular formula is C22H24N4O3. The van der Waals surface area contributed by atoms with Gasteiger partial charge in [0.2, 0.25) is 0 Å². The SMILES string of the molecule is O=C1C(=O)N(C2CCN(C(=O)c3ccccc3)CC2)CCN1Cc1ccccn1. The number of piperidine rings is 1. The molecule has 3 amide bonds. The fourth-order valence-electron chi connectivity index (χ4n) is 4.02. The summed E-state index contributed by atoms with van der Waals surface area (Å²) in [4.78, 5) is 47.2. The van der Waals surface area contributed by atoms with E-state index in [1.807, 2.05) is 53.4 Å². The summed E-state index contributed by atoms with van der Waals surface area (Å²) in [5.74, 6) is -0.892. The fourth-order valence-corrected chi connectivity index (χ4v) is 4.02. The minimum atomic E-state index is -0.468. The molecule has 7 heteroatoms. The Bertz CT molecular complexity index is 879. The maximum Gasteiger partial charge on any atom is 0.312 e. The van der Waals surface area contributed by atoms with E-state index < -0.39 is 11.8 Å². The molecule has 0 spiro atoms. The zero-order valence-corrected chi connectivity index (χ0v) is 16.2. The summed E-state index contributed by atoms with van der Waals surface area (Å²) >= 11 is 0. The molecule has 1 aromatic carbocycles. The second-order valence-electron chi connectivity index (χ2n) is 7.44. The van der Waals surface area contributed by atoms with E-state index in [0.717, 1.165) is 5.69 Å². The molecule has 0 saturated carbocycles. The van der Waals surface area contributed by atoms with Crippen molar-refractivity contribution in [1.82, 2.24) is 19.7 Å². The van der Waals surface area contributed by atoms with Crippen molar-refractivity contribution in [2.45, 2.75) is 25.4 Å². The van der Waals surface area contributed by atoms with Crippen molar-refractivity contribution in [3.05, 3.63) is 66.0 Å². The smallest absolute Gasteiger partial charge is 0.312 e. The first-order valence-electron chi connectivity index (χ1n) is 9.97. The number of carbonyl (C=O) groups is 3. The van der Waals surface area contributed by atoms with Crippen LogP contribution in [0.1, 0.15) is 28.9 Å². The molecular weight excluding hydrogens is 368 g/mol. The van der Waals surface area contributed by atoms with Crippen LogP contribution in [0.25, 0.3) is 0 Å². The molecule has 0 radical (unpaired) electrons. The van der Waals surface area contributed by atoms with Gasteiger partial charge in [-0.05, 0) is 37.1 Å². The molecule has 0 unspecified atom stereocenters. The molecule has 2 aliphatic heterocycles. The average molecular weight is 392 g/mol. The maximum atomic E-state index is 12.7. The van der Waals surface area contributed by atoms with Gasteiger partial charge in [-0.1, -0.05) is 24.3 Å². The van der Waals surface area contributed by atoms with Gasteiger partial charge in [0.25, 0.3) is 5.91 Å². The first-order valence-corrected chi connectivity index (χ1v) is 9.97. The summed E-state index contributed by atoms with van der Waals surface area (Å²) in [6, 6.07) is 14.8. The summed E-state index contributed by atoms with van der Waals surface area (Å²) in [6.07, 6.45) is 3.07. The molecule has 0 N–H and O–H groups in total. The molecule has 150 valence electrons. The molecule has 2 aliphatic rings. The zero-order chi connectivity index (χ0) is 20.2. The van der Waals surface area contributed by atoms with Crippen molar-refractivity contribution in [2.75, 3.05) is 26.2 Å². The Kier molecular flexibility index (Phi) is 5.55. The molecule has 0 aliphatic carbocycles. The number of rotatable bonds is 4. The van der Waals surface area contributed by atoms with Crippen LogP contribution in [-0.2, 0) is 16.1 Å². The van der Waals surface area contributed by atoms with Crippen LogP contribution >= 0.6 is 0 Å². The molecule has 0 bridgehead atoms. The number of benzene rings is 1.